The van der Waals surface area contributed by atoms with Crippen LogP contribution in [0.3, 0.4) is 0 Å². The summed E-state index contributed by atoms with van der Waals surface area (Å²) in [5, 5.41) is 3.71. The van der Waals surface area contributed by atoms with E-state index in [2.05, 4.69) is 19.2 Å². The SMILES string of the molecule is CC1(C)COC2CCCCCC2N1. The molecule has 2 aliphatic rings. The molecule has 0 aromatic carbocycles. The quantitative estimate of drug-likeness (QED) is 0.621. The van der Waals surface area contributed by atoms with Crippen LogP contribution >= 0.6 is 0 Å². The molecule has 1 heterocycles. The molecule has 0 aromatic heterocycles. The summed E-state index contributed by atoms with van der Waals surface area (Å²) in [7, 11) is 0. The molecule has 1 aliphatic heterocycles. The Morgan fingerprint density at radius 3 is 2.77 bits per heavy atom. The van der Waals surface area contributed by atoms with E-state index < -0.39 is 0 Å². The van der Waals surface area contributed by atoms with Crippen LogP contribution in [0.5, 0.6) is 0 Å². The van der Waals surface area contributed by atoms with E-state index in [1.54, 1.807) is 0 Å². The van der Waals surface area contributed by atoms with Gasteiger partial charge < -0.3 is 10.1 Å². The van der Waals surface area contributed by atoms with E-state index in [-0.39, 0.29) is 5.54 Å². The van der Waals surface area contributed by atoms with E-state index in [9.17, 15) is 0 Å². The van der Waals surface area contributed by atoms with E-state index in [0.29, 0.717) is 12.1 Å². The van der Waals surface area contributed by atoms with Gasteiger partial charge in [0.25, 0.3) is 0 Å². The van der Waals surface area contributed by atoms with E-state index in [1.165, 1.54) is 32.1 Å². The van der Waals surface area contributed by atoms with Crippen molar-refractivity contribution in [1.82, 2.24) is 5.32 Å². The lowest BCUT2D eigenvalue weighted by Gasteiger charge is -2.41. The molecule has 2 rings (SSSR count). The summed E-state index contributed by atoms with van der Waals surface area (Å²) in [6, 6.07) is 0.617. The third-order valence-corrected chi connectivity index (χ3v) is 3.19. The van der Waals surface area contributed by atoms with E-state index >= 15 is 0 Å². The number of morpholine rings is 1. The van der Waals surface area contributed by atoms with Gasteiger partial charge in [-0.05, 0) is 26.7 Å². The molecular formula is C11H21NO. The minimum atomic E-state index is 0.186. The molecular weight excluding hydrogens is 162 g/mol. The first kappa shape index (κ1) is 9.47. The van der Waals surface area contributed by atoms with Crippen LogP contribution in [-0.2, 0) is 4.74 Å². The zero-order valence-electron chi connectivity index (χ0n) is 8.81. The lowest BCUT2D eigenvalue weighted by Crippen LogP contribution is -2.59. The van der Waals surface area contributed by atoms with Gasteiger partial charge in [0.05, 0.1) is 12.7 Å². The smallest absolute Gasteiger partial charge is 0.0729 e. The summed E-state index contributed by atoms with van der Waals surface area (Å²) in [5.41, 5.74) is 0.186. The number of fused-ring (bicyclic) bond motifs is 1. The maximum Gasteiger partial charge on any atom is 0.0729 e. The Morgan fingerprint density at radius 2 is 1.92 bits per heavy atom. The molecule has 2 atom stereocenters. The molecule has 2 fully saturated rings. The second-order valence-corrected chi connectivity index (χ2v) is 5.12. The Bertz CT molecular complexity index is 179. The fraction of sp³-hybridized carbons (Fsp3) is 1.00. The van der Waals surface area contributed by atoms with E-state index in [1.807, 2.05) is 0 Å². The first-order valence-corrected chi connectivity index (χ1v) is 5.57. The van der Waals surface area contributed by atoms with Gasteiger partial charge in [0.2, 0.25) is 0 Å². The van der Waals surface area contributed by atoms with Crippen molar-refractivity contribution in [3.63, 3.8) is 0 Å². The van der Waals surface area contributed by atoms with Crippen LogP contribution in [-0.4, -0.2) is 24.3 Å². The zero-order chi connectivity index (χ0) is 9.31. The average Bonchev–Trinajstić information content (AvgIpc) is 2.27. The second-order valence-electron chi connectivity index (χ2n) is 5.12. The second kappa shape index (κ2) is 3.58. The molecule has 2 nitrogen and oxygen atoms in total. The van der Waals surface area contributed by atoms with Crippen LogP contribution in [0.1, 0.15) is 46.0 Å². The van der Waals surface area contributed by atoms with Crippen LogP contribution in [0.25, 0.3) is 0 Å². The monoisotopic (exact) mass is 183 g/mol. The Labute approximate surface area is 81.0 Å². The lowest BCUT2D eigenvalue weighted by atomic mass is 9.96. The predicted molar refractivity (Wildman–Crippen MR) is 53.8 cm³/mol. The summed E-state index contributed by atoms with van der Waals surface area (Å²) in [4.78, 5) is 0. The van der Waals surface area contributed by atoms with Crippen LogP contribution in [0.15, 0.2) is 0 Å². The number of ether oxygens (including phenoxy) is 1. The molecule has 1 saturated heterocycles. The van der Waals surface area contributed by atoms with Crippen LogP contribution in [0.4, 0.5) is 0 Å². The molecule has 0 amide bonds. The van der Waals surface area contributed by atoms with Crippen molar-refractivity contribution < 1.29 is 4.74 Å². The highest BCUT2D eigenvalue weighted by molar-refractivity contribution is 4.92. The minimum Gasteiger partial charge on any atom is -0.375 e. The Kier molecular flexibility index (Phi) is 2.61. The molecule has 13 heavy (non-hydrogen) atoms. The van der Waals surface area contributed by atoms with Gasteiger partial charge in [-0.3, -0.25) is 0 Å². The molecule has 0 aromatic rings. The largest absolute Gasteiger partial charge is 0.375 e. The molecule has 0 bridgehead atoms. The van der Waals surface area contributed by atoms with Crippen molar-refractivity contribution in [3.8, 4) is 0 Å². The Hall–Kier alpha value is -0.0800. The summed E-state index contributed by atoms with van der Waals surface area (Å²) < 4.78 is 5.91. The molecule has 1 aliphatic carbocycles. The number of nitrogens with one attached hydrogen (secondary N) is 1. The Balaban J connectivity index is 2.00. The highest BCUT2D eigenvalue weighted by Crippen LogP contribution is 2.26. The van der Waals surface area contributed by atoms with Gasteiger partial charge >= 0.3 is 0 Å². The van der Waals surface area contributed by atoms with Gasteiger partial charge in [0, 0.05) is 11.6 Å². The maximum absolute atomic E-state index is 5.91. The van der Waals surface area contributed by atoms with Gasteiger partial charge in [-0.2, -0.15) is 0 Å². The average molecular weight is 183 g/mol. The van der Waals surface area contributed by atoms with E-state index in [4.69, 9.17) is 4.74 Å². The fourth-order valence-corrected chi connectivity index (χ4v) is 2.50. The maximum atomic E-state index is 5.91. The van der Waals surface area contributed by atoms with Gasteiger partial charge in [-0.25, -0.2) is 0 Å². The van der Waals surface area contributed by atoms with Crippen molar-refractivity contribution in [2.45, 2.75) is 63.6 Å². The number of rotatable bonds is 0. The standard InChI is InChI=1S/C11H21NO/c1-11(2)8-13-10-7-5-3-4-6-9(10)12-11/h9-10,12H,3-8H2,1-2H3. The van der Waals surface area contributed by atoms with Crippen molar-refractivity contribution in [3.05, 3.63) is 0 Å². The molecule has 2 unspecified atom stereocenters. The predicted octanol–water partition coefficient (Wildman–Crippen LogP) is 2.09. The number of hydrogen-bond donors (Lipinski definition) is 1. The van der Waals surface area contributed by atoms with Gasteiger partial charge in [0.1, 0.15) is 0 Å². The van der Waals surface area contributed by atoms with Crippen molar-refractivity contribution in [1.29, 1.82) is 0 Å². The normalized spacial score (nSPS) is 39.2. The minimum absolute atomic E-state index is 0.186. The van der Waals surface area contributed by atoms with Crippen LogP contribution in [0, 0.1) is 0 Å². The first-order valence-electron chi connectivity index (χ1n) is 5.57. The van der Waals surface area contributed by atoms with Crippen molar-refractivity contribution in [2.24, 2.45) is 0 Å². The van der Waals surface area contributed by atoms with Crippen LogP contribution < -0.4 is 5.32 Å². The summed E-state index contributed by atoms with van der Waals surface area (Å²) >= 11 is 0. The first-order chi connectivity index (χ1) is 6.17. The topological polar surface area (TPSA) is 21.3 Å². The van der Waals surface area contributed by atoms with Gasteiger partial charge in [0.15, 0.2) is 0 Å². The highest BCUT2D eigenvalue weighted by atomic mass is 16.5. The molecule has 76 valence electrons. The van der Waals surface area contributed by atoms with Gasteiger partial charge in [-0.15, -0.1) is 0 Å². The highest BCUT2D eigenvalue weighted by Gasteiger charge is 2.35. The van der Waals surface area contributed by atoms with Gasteiger partial charge in [-0.1, -0.05) is 19.3 Å². The third kappa shape index (κ3) is 2.23. The molecule has 1 N–H and O–H groups in total. The third-order valence-electron chi connectivity index (χ3n) is 3.19. The Morgan fingerprint density at radius 1 is 1.15 bits per heavy atom. The number of hydrogen-bond acceptors (Lipinski definition) is 2. The summed E-state index contributed by atoms with van der Waals surface area (Å²) in [6.07, 6.45) is 7.16. The van der Waals surface area contributed by atoms with Crippen molar-refractivity contribution >= 4 is 0 Å². The summed E-state index contributed by atoms with van der Waals surface area (Å²) in [6.45, 7) is 5.33. The zero-order valence-corrected chi connectivity index (χ0v) is 8.81. The molecule has 0 radical (unpaired) electrons. The lowest BCUT2D eigenvalue weighted by molar-refractivity contribution is -0.0545. The molecule has 0 spiro atoms. The molecule has 2 heteroatoms. The van der Waals surface area contributed by atoms with Crippen LogP contribution in [0.2, 0.25) is 0 Å². The van der Waals surface area contributed by atoms with Crippen molar-refractivity contribution in [2.75, 3.05) is 6.61 Å². The van der Waals surface area contributed by atoms with E-state index in [0.717, 1.165) is 6.61 Å². The molecule has 1 saturated carbocycles. The fourth-order valence-electron chi connectivity index (χ4n) is 2.50. The summed E-state index contributed by atoms with van der Waals surface area (Å²) in [5.74, 6) is 0.